The van der Waals surface area contributed by atoms with Crippen LogP contribution < -0.4 is 27.4 Å². The van der Waals surface area contributed by atoms with Crippen LogP contribution >= 0.6 is 0 Å². The number of unbranched alkanes of at least 4 members (excludes halogenated alkanes) is 1. The van der Waals surface area contributed by atoms with Gasteiger partial charge in [-0.25, -0.2) is 9.78 Å². The van der Waals surface area contributed by atoms with E-state index in [1.165, 1.54) is 19.4 Å². The Labute approximate surface area is 204 Å². The van der Waals surface area contributed by atoms with Gasteiger partial charge in [-0.1, -0.05) is 20.3 Å². The summed E-state index contributed by atoms with van der Waals surface area (Å²) in [7, 11) is 0. The van der Waals surface area contributed by atoms with Crippen molar-refractivity contribution in [3.8, 4) is 0 Å². The Morgan fingerprint density at radius 2 is 1.71 bits per heavy atom. The number of hydrogen-bond acceptors (Lipinski definition) is 8. The van der Waals surface area contributed by atoms with Gasteiger partial charge in [-0.3, -0.25) is 14.4 Å². The van der Waals surface area contributed by atoms with Crippen LogP contribution in [-0.4, -0.2) is 80.7 Å². The largest absolute Gasteiger partial charge is 0.480 e. The molecule has 35 heavy (non-hydrogen) atoms. The number of imidazole rings is 1. The Morgan fingerprint density at radius 1 is 1.06 bits per heavy atom. The summed E-state index contributed by atoms with van der Waals surface area (Å²) < 4.78 is 0. The lowest BCUT2D eigenvalue weighted by atomic mass is 9.98. The number of aliphatic carboxylic acids is 1. The van der Waals surface area contributed by atoms with Crippen molar-refractivity contribution in [2.75, 3.05) is 6.54 Å². The standard InChI is InChI=1S/C22H39N7O6/c1-4-12(2)17(22(34)35)28-20(32)16(7-5-6-8-23)27-21(33)18(13(3)30)29-19(31)15(24)9-14-10-25-11-26-14/h10-13,15-18,30H,4-9,23-24H2,1-3H3,(H,25,26)(H,27,33)(H,28,32)(H,29,31)(H,34,35). The number of nitrogens with two attached hydrogens (primary N) is 2. The van der Waals surface area contributed by atoms with E-state index in [2.05, 4.69) is 25.9 Å². The van der Waals surface area contributed by atoms with Crippen molar-refractivity contribution in [3.05, 3.63) is 18.2 Å². The fourth-order valence-corrected chi connectivity index (χ4v) is 3.35. The van der Waals surface area contributed by atoms with E-state index < -0.39 is 54.0 Å². The predicted octanol–water partition coefficient (Wildman–Crippen LogP) is -1.63. The van der Waals surface area contributed by atoms with Gasteiger partial charge in [0, 0.05) is 18.3 Å². The van der Waals surface area contributed by atoms with E-state index in [1.54, 1.807) is 13.8 Å². The number of carboxylic acid groups (broad SMARTS) is 1. The van der Waals surface area contributed by atoms with E-state index in [-0.39, 0.29) is 18.8 Å². The van der Waals surface area contributed by atoms with Gasteiger partial charge in [0.25, 0.3) is 0 Å². The predicted molar refractivity (Wildman–Crippen MR) is 128 cm³/mol. The summed E-state index contributed by atoms with van der Waals surface area (Å²) in [5.74, 6) is -3.66. The second kappa shape index (κ2) is 15.1. The van der Waals surface area contributed by atoms with Crippen molar-refractivity contribution in [3.63, 3.8) is 0 Å². The SMILES string of the molecule is CCC(C)C(NC(=O)C(CCCCN)NC(=O)C(NC(=O)C(N)Cc1cnc[nH]1)C(C)O)C(=O)O. The molecule has 0 aliphatic rings. The number of nitrogens with zero attached hydrogens (tertiary/aromatic N) is 1. The van der Waals surface area contributed by atoms with Gasteiger partial charge < -0.3 is 42.6 Å². The molecule has 0 spiro atoms. The van der Waals surface area contributed by atoms with E-state index in [0.29, 0.717) is 31.5 Å². The van der Waals surface area contributed by atoms with Crippen LogP contribution in [0.2, 0.25) is 0 Å². The van der Waals surface area contributed by atoms with Gasteiger partial charge in [0.2, 0.25) is 17.7 Å². The summed E-state index contributed by atoms with van der Waals surface area (Å²) in [5, 5.41) is 27.1. The zero-order valence-corrected chi connectivity index (χ0v) is 20.5. The minimum absolute atomic E-state index is 0.135. The molecule has 0 aliphatic heterocycles. The quantitative estimate of drug-likeness (QED) is 0.123. The molecule has 1 aromatic heterocycles. The Morgan fingerprint density at radius 3 is 2.23 bits per heavy atom. The van der Waals surface area contributed by atoms with E-state index in [0.717, 1.165) is 0 Å². The molecule has 3 amide bonds. The van der Waals surface area contributed by atoms with Crippen molar-refractivity contribution in [2.45, 2.75) is 83.1 Å². The molecule has 1 heterocycles. The summed E-state index contributed by atoms with van der Waals surface area (Å²) >= 11 is 0. The second-order valence-electron chi connectivity index (χ2n) is 8.67. The third-order valence-corrected chi connectivity index (χ3v) is 5.75. The lowest BCUT2D eigenvalue weighted by molar-refractivity contribution is -0.144. The van der Waals surface area contributed by atoms with Gasteiger partial charge in [-0.15, -0.1) is 0 Å². The molecule has 13 heteroatoms. The maximum Gasteiger partial charge on any atom is 0.326 e. The Bertz CT molecular complexity index is 817. The van der Waals surface area contributed by atoms with Crippen molar-refractivity contribution in [1.29, 1.82) is 0 Å². The van der Waals surface area contributed by atoms with Gasteiger partial charge in [0.1, 0.15) is 18.1 Å². The molecular weight excluding hydrogens is 458 g/mol. The van der Waals surface area contributed by atoms with Crippen molar-refractivity contribution < 1.29 is 29.4 Å². The van der Waals surface area contributed by atoms with Crippen LogP contribution in [0.15, 0.2) is 12.5 Å². The summed E-state index contributed by atoms with van der Waals surface area (Å²) in [6.07, 6.45) is 3.60. The molecule has 1 aromatic rings. The number of aromatic nitrogens is 2. The average Bonchev–Trinajstić information content (AvgIpc) is 3.31. The lowest BCUT2D eigenvalue weighted by Crippen LogP contribution is -2.60. The molecule has 198 valence electrons. The van der Waals surface area contributed by atoms with Crippen molar-refractivity contribution in [2.24, 2.45) is 17.4 Å². The molecule has 6 unspecified atom stereocenters. The summed E-state index contributed by atoms with van der Waals surface area (Å²) in [5.41, 5.74) is 12.1. The number of rotatable bonds is 16. The van der Waals surface area contributed by atoms with Crippen LogP contribution in [0.4, 0.5) is 0 Å². The molecule has 0 radical (unpaired) electrons. The Balaban J connectivity index is 2.92. The highest BCUT2D eigenvalue weighted by Gasteiger charge is 2.33. The molecule has 0 aliphatic carbocycles. The van der Waals surface area contributed by atoms with Crippen LogP contribution in [0.25, 0.3) is 0 Å². The normalized spacial score (nSPS) is 16.3. The molecule has 10 N–H and O–H groups in total. The molecule has 1 rings (SSSR count). The first kappa shape index (κ1) is 30.0. The molecule has 0 saturated heterocycles. The number of H-pyrrole nitrogens is 1. The topological polar surface area (TPSA) is 226 Å². The first-order chi connectivity index (χ1) is 16.5. The fraction of sp³-hybridized carbons (Fsp3) is 0.682. The number of carbonyl (C=O) groups excluding carboxylic acids is 3. The van der Waals surface area contributed by atoms with E-state index in [9.17, 15) is 29.4 Å². The highest BCUT2D eigenvalue weighted by Crippen LogP contribution is 2.10. The first-order valence-corrected chi connectivity index (χ1v) is 11.8. The second-order valence-corrected chi connectivity index (χ2v) is 8.67. The van der Waals surface area contributed by atoms with Gasteiger partial charge in [0.15, 0.2) is 0 Å². The van der Waals surface area contributed by atoms with Crippen LogP contribution in [0, 0.1) is 5.92 Å². The fourth-order valence-electron chi connectivity index (χ4n) is 3.35. The summed E-state index contributed by atoms with van der Waals surface area (Å²) in [6, 6.07) is -4.61. The van der Waals surface area contributed by atoms with Crippen molar-refractivity contribution in [1.82, 2.24) is 25.9 Å². The Hall–Kier alpha value is -3.03. The molecule has 13 nitrogen and oxygen atoms in total. The number of aliphatic hydroxyl groups excluding tert-OH is 1. The number of amides is 3. The van der Waals surface area contributed by atoms with Crippen LogP contribution in [0.5, 0.6) is 0 Å². The number of aliphatic hydroxyl groups is 1. The van der Waals surface area contributed by atoms with Crippen LogP contribution in [0.1, 0.15) is 52.1 Å². The highest BCUT2D eigenvalue weighted by molar-refractivity contribution is 5.94. The number of nitrogens with one attached hydrogen (secondary N) is 4. The maximum absolute atomic E-state index is 13.0. The van der Waals surface area contributed by atoms with Gasteiger partial charge in [-0.05, 0) is 38.6 Å². The third kappa shape index (κ3) is 10.0. The minimum Gasteiger partial charge on any atom is -0.480 e. The van der Waals surface area contributed by atoms with Crippen molar-refractivity contribution >= 4 is 23.7 Å². The molecule has 0 saturated carbocycles. The van der Waals surface area contributed by atoms with Crippen LogP contribution in [0.3, 0.4) is 0 Å². The molecular formula is C22H39N7O6. The zero-order chi connectivity index (χ0) is 26.5. The molecule has 0 aromatic carbocycles. The maximum atomic E-state index is 13.0. The number of aromatic amines is 1. The summed E-state index contributed by atoms with van der Waals surface area (Å²) in [6.45, 7) is 5.21. The lowest BCUT2D eigenvalue weighted by Gasteiger charge is -2.27. The number of carbonyl (C=O) groups is 4. The number of hydrogen-bond donors (Lipinski definition) is 8. The molecule has 0 fully saturated rings. The highest BCUT2D eigenvalue weighted by atomic mass is 16.4. The Kier molecular flexibility index (Phi) is 12.9. The monoisotopic (exact) mass is 497 g/mol. The number of carboxylic acids is 1. The van der Waals surface area contributed by atoms with Gasteiger partial charge >= 0.3 is 5.97 Å². The summed E-state index contributed by atoms with van der Waals surface area (Å²) in [4.78, 5) is 56.7. The first-order valence-electron chi connectivity index (χ1n) is 11.8. The third-order valence-electron chi connectivity index (χ3n) is 5.75. The van der Waals surface area contributed by atoms with Crippen LogP contribution in [-0.2, 0) is 25.6 Å². The minimum atomic E-state index is -1.38. The zero-order valence-electron chi connectivity index (χ0n) is 20.5. The van der Waals surface area contributed by atoms with E-state index >= 15 is 0 Å². The smallest absolute Gasteiger partial charge is 0.326 e. The average molecular weight is 498 g/mol. The van der Waals surface area contributed by atoms with E-state index in [1.807, 2.05) is 0 Å². The van der Waals surface area contributed by atoms with Gasteiger partial charge in [0.05, 0.1) is 18.5 Å². The van der Waals surface area contributed by atoms with E-state index in [4.69, 9.17) is 11.5 Å². The van der Waals surface area contributed by atoms with Gasteiger partial charge in [-0.2, -0.15) is 0 Å². The molecule has 0 bridgehead atoms. The molecule has 6 atom stereocenters.